The lowest BCUT2D eigenvalue weighted by molar-refractivity contribution is 0.00578. The van der Waals surface area contributed by atoms with E-state index in [1.807, 2.05) is 70.2 Å². The summed E-state index contributed by atoms with van der Waals surface area (Å²) in [5.74, 6) is 0. The van der Waals surface area contributed by atoms with Crippen molar-refractivity contribution in [2.75, 3.05) is 0 Å². The van der Waals surface area contributed by atoms with Crippen molar-refractivity contribution in [2.45, 2.75) is 38.9 Å². The molecule has 0 amide bonds. The molecule has 0 unspecified atom stereocenters. The highest BCUT2D eigenvalue weighted by Crippen LogP contribution is 2.38. The predicted molar refractivity (Wildman–Crippen MR) is 115 cm³/mol. The van der Waals surface area contributed by atoms with Gasteiger partial charge in [-0.15, -0.1) is 0 Å². The first-order chi connectivity index (χ1) is 13.8. The van der Waals surface area contributed by atoms with Crippen molar-refractivity contribution < 1.29 is 15.1 Å². The monoisotopic (exact) mass is 371 g/mol. The highest BCUT2D eigenvalue weighted by atomic mass is 16.7. The molecule has 1 fully saturated rings. The van der Waals surface area contributed by atoms with Gasteiger partial charge in [0.05, 0.1) is 12.6 Å². The van der Waals surface area contributed by atoms with Crippen molar-refractivity contribution in [3.63, 3.8) is 0 Å². The van der Waals surface area contributed by atoms with Crippen molar-refractivity contribution in [1.82, 2.24) is 0 Å². The van der Waals surface area contributed by atoms with E-state index >= 15 is 0 Å². The Labute approximate surface area is 166 Å². The van der Waals surface area contributed by atoms with Crippen molar-refractivity contribution in [3.05, 3.63) is 66.7 Å². The van der Waals surface area contributed by atoms with Gasteiger partial charge in [0.1, 0.15) is 11.2 Å². The second-order valence-corrected chi connectivity index (χ2v) is 8.39. The fourth-order valence-corrected chi connectivity index (χ4v) is 3.74. The van der Waals surface area contributed by atoms with Gasteiger partial charge in [0, 0.05) is 10.8 Å². The van der Waals surface area contributed by atoms with Crippen LogP contribution in [0.5, 0.6) is 0 Å². The molecule has 4 aromatic rings. The van der Waals surface area contributed by atoms with Gasteiger partial charge in [0.15, 0.2) is 0 Å². The van der Waals surface area contributed by atoms with Gasteiger partial charge in [-0.3, -0.25) is 0 Å². The standard InChI is InChI=1S/C24H23BO3/c1-23(2)24(3,4)28-25(27-23)17-13-14-19-21(15-17)26-20-12-8-11-18(22(19)20)16-9-6-5-7-10-16/h5-15H,1-4H3/i15D. The van der Waals surface area contributed by atoms with Crippen LogP contribution in [0.1, 0.15) is 29.1 Å². The molecule has 1 saturated heterocycles. The molecule has 5 rings (SSSR count). The van der Waals surface area contributed by atoms with Crippen molar-refractivity contribution in [2.24, 2.45) is 0 Å². The van der Waals surface area contributed by atoms with E-state index in [1.54, 1.807) is 0 Å². The number of fused-ring (bicyclic) bond motifs is 3. The Morgan fingerprint density at radius 1 is 0.786 bits per heavy atom. The zero-order valence-electron chi connectivity index (χ0n) is 17.6. The molecule has 1 aliphatic rings. The first kappa shape index (κ1) is 16.4. The molecule has 0 aliphatic carbocycles. The predicted octanol–water partition coefficient (Wildman–Crippen LogP) is 5.55. The normalized spacial score (nSPS) is 18.7. The number of rotatable bonds is 2. The van der Waals surface area contributed by atoms with Gasteiger partial charge in [-0.2, -0.15) is 0 Å². The van der Waals surface area contributed by atoms with Crippen LogP contribution in [0.15, 0.2) is 71.1 Å². The molecule has 4 heteroatoms. The topological polar surface area (TPSA) is 31.6 Å². The van der Waals surface area contributed by atoms with Crippen LogP contribution in [0.3, 0.4) is 0 Å². The minimum absolute atomic E-state index is 0.316. The molecule has 0 bridgehead atoms. The van der Waals surface area contributed by atoms with Gasteiger partial charge < -0.3 is 13.7 Å². The van der Waals surface area contributed by atoms with E-state index in [0.717, 1.165) is 27.5 Å². The quantitative estimate of drug-likeness (QED) is 0.433. The molecule has 2 heterocycles. The molecule has 1 aliphatic heterocycles. The number of benzene rings is 3. The Hall–Kier alpha value is -2.56. The van der Waals surface area contributed by atoms with Crippen LogP contribution in [0.25, 0.3) is 33.1 Å². The first-order valence-electron chi connectivity index (χ1n) is 10.1. The van der Waals surface area contributed by atoms with Gasteiger partial charge in [0.2, 0.25) is 0 Å². The fourth-order valence-electron chi connectivity index (χ4n) is 3.74. The summed E-state index contributed by atoms with van der Waals surface area (Å²) in [5.41, 5.74) is 3.36. The van der Waals surface area contributed by atoms with Crippen LogP contribution < -0.4 is 5.46 Å². The zero-order valence-corrected chi connectivity index (χ0v) is 16.6. The Kier molecular flexibility index (Phi) is 3.50. The lowest BCUT2D eigenvalue weighted by Gasteiger charge is -2.32. The first-order valence-corrected chi connectivity index (χ1v) is 9.64. The second-order valence-electron chi connectivity index (χ2n) is 8.39. The van der Waals surface area contributed by atoms with E-state index in [-0.39, 0.29) is 0 Å². The van der Waals surface area contributed by atoms with Gasteiger partial charge in [-0.05, 0) is 56.4 Å². The lowest BCUT2D eigenvalue weighted by atomic mass is 9.79. The molecule has 28 heavy (non-hydrogen) atoms. The Morgan fingerprint density at radius 3 is 2.21 bits per heavy atom. The largest absolute Gasteiger partial charge is 0.494 e. The molecule has 0 N–H and O–H groups in total. The molecule has 0 saturated carbocycles. The smallest absolute Gasteiger partial charge is 0.456 e. The van der Waals surface area contributed by atoms with Crippen LogP contribution in [-0.2, 0) is 9.31 Å². The maximum Gasteiger partial charge on any atom is 0.494 e. The summed E-state index contributed by atoms with van der Waals surface area (Å²) in [7, 11) is -0.585. The summed E-state index contributed by atoms with van der Waals surface area (Å²) in [4.78, 5) is 0. The van der Waals surface area contributed by atoms with Crippen LogP contribution in [0.4, 0.5) is 0 Å². The average Bonchev–Trinajstić information content (AvgIpc) is 3.17. The molecule has 140 valence electrons. The zero-order chi connectivity index (χ0) is 20.4. The summed E-state index contributed by atoms with van der Waals surface area (Å²) in [6.07, 6.45) is 0. The molecule has 3 aromatic carbocycles. The number of hydrogen-bond donors (Lipinski definition) is 0. The number of furan rings is 1. The van der Waals surface area contributed by atoms with E-state index in [0.29, 0.717) is 17.1 Å². The van der Waals surface area contributed by atoms with E-state index in [9.17, 15) is 0 Å². The van der Waals surface area contributed by atoms with Crippen LogP contribution in [0, 0.1) is 0 Å². The lowest BCUT2D eigenvalue weighted by Crippen LogP contribution is -2.41. The Bertz CT molecular complexity index is 1210. The highest BCUT2D eigenvalue weighted by Gasteiger charge is 2.51. The molecular formula is C24H23BO3. The minimum atomic E-state index is -0.585. The van der Waals surface area contributed by atoms with Gasteiger partial charge in [-0.25, -0.2) is 0 Å². The summed E-state index contributed by atoms with van der Waals surface area (Å²) >= 11 is 0. The minimum Gasteiger partial charge on any atom is -0.456 e. The van der Waals surface area contributed by atoms with Gasteiger partial charge in [0.25, 0.3) is 0 Å². The Morgan fingerprint density at radius 2 is 1.50 bits per heavy atom. The SMILES string of the molecule is [2H]c1c(B2OC(C)(C)C(C)(C)O2)ccc2c1oc1cccc(-c3ccccc3)c12. The number of hydrogen-bond acceptors (Lipinski definition) is 3. The van der Waals surface area contributed by atoms with Crippen LogP contribution >= 0.6 is 0 Å². The average molecular weight is 371 g/mol. The second kappa shape index (κ2) is 5.97. The van der Waals surface area contributed by atoms with E-state index in [4.69, 9.17) is 15.1 Å². The summed E-state index contributed by atoms with van der Waals surface area (Å²) in [6, 6.07) is 20.6. The molecule has 1 aromatic heterocycles. The molecule has 3 nitrogen and oxygen atoms in total. The van der Waals surface area contributed by atoms with E-state index in [1.165, 1.54) is 0 Å². The third-order valence-corrected chi connectivity index (χ3v) is 6.03. The van der Waals surface area contributed by atoms with Gasteiger partial charge in [-0.1, -0.05) is 54.6 Å². The summed E-state index contributed by atoms with van der Waals surface area (Å²) < 4.78 is 27.3. The third kappa shape index (κ3) is 2.60. The summed E-state index contributed by atoms with van der Waals surface area (Å²) in [6.45, 7) is 8.07. The van der Waals surface area contributed by atoms with Crippen molar-refractivity contribution in [3.8, 4) is 11.1 Å². The fraction of sp³-hybridized carbons (Fsp3) is 0.250. The van der Waals surface area contributed by atoms with Crippen molar-refractivity contribution in [1.29, 1.82) is 0 Å². The maximum absolute atomic E-state index is 8.82. The van der Waals surface area contributed by atoms with Crippen LogP contribution in [-0.4, -0.2) is 18.3 Å². The van der Waals surface area contributed by atoms with Gasteiger partial charge >= 0.3 is 7.12 Å². The Balaban J connectivity index is 1.69. The molecule has 0 atom stereocenters. The van der Waals surface area contributed by atoms with E-state index < -0.39 is 18.3 Å². The third-order valence-electron chi connectivity index (χ3n) is 6.03. The molecule has 0 radical (unpaired) electrons. The molecular weight excluding hydrogens is 347 g/mol. The maximum atomic E-state index is 8.82. The van der Waals surface area contributed by atoms with Crippen molar-refractivity contribution >= 4 is 34.5 Å². The van der Waals surface area contributed by atoms with E-state index in [2.05, 4.69) is 18.2 Å². The van der Waals surface area contributed by atoms with Crippen LogP contribution in [0.2, 0.25) is 0 Å². The summed E-state index contributed by atoms with van der Waals surface area (Å²) in [5, 5.41) is 1.97. The highest BCUT2D eigenvalue weighted by molar-refractivity contribution is 6.62. The molecule has 0 spiro atoms.